The average Bonchev–Trinajstić information content (AvgIpc) is 3.10. The fourth-order valence-corrected chi connectivity index (χ4v) is 6.11. The van der Waals surface area contributed by atoms with Crippen LogP contribution in [0.5, 0.6) is 11.5 Å². The lowest BCUT2D eigenvalue weighted by Crippen LogP contribution is -2.30. The first kappa shape index (κ1) is 24.7. The van der Waals surface area contributed by atoms with E-state index >= 15 is 0 Å². The molecule has 0 saturated carbocycles. The Hall–Kier alpha value is -2.96. The van der Waals surface area contributed by atoms with Crippen molar-refractivity contribution in [2.75, 3.05) is 17.8 Å². The molecule has 0 bridgehead atoms. The molecule has 0 saturated heterocycles. The molecule has 3 rings (SSSR count). The van der Waals surface area contributed by atoms with Crippen LogP contribution in [0.1, 0.15) is 25.3 Å². The minimum Gasteiger partial charge on any atom is -0.455 e. The first-order valence-corrected chi connectivity index (χ1v) is 12.9. The van der Waals surface area contributed by atoms with Crippen LogP contribution in [0.4, 0.5) is 10.1 Å². The summed E-state index contributed by atoms with van der Waals surface area (Å²) < 4.78 is 79.7. The van der Waals surface area contributed by atoms with E-state index in [9.17, 15) is 21.2 Å². The third-order valence-electron chi connectivity index (χ3n) is 4.82. The second-order valence-electron chi connectivity index (χ2n) is 7.06. The number of anilines is 1. The Balaban J connectivity index is 2.11. The van der Waals surface area contributed by atoms with E-state index in [0.29, 0.717) is 0 Å². The summed E-state index contributed by atoms with van der Waals surface area (Å²) in [5, 5.41) is 3.66. The molecule has 0 aliphatic rings. The van der Waals surface area contributed by atoms with Gasteiger partial charge in [-0.2, -0.15) is 4.31 Å². The van der Waals surface area contributed by atoms with E-state index in [2.05, 4.69) is 9.88 Å². The minimum absolute atomic E-state index is 0.0236. The van der Waals surface area contributed by atoms with Crippen LogP contribution < -0.4 is 9.46 Å². The van der Waals surface area contributed by atoms with Crippen LogP contribution >= 0.6 is 0 Å². The molecule has 0 amide bonds. The quantitative estimate of drug-likeness (QED) is 0.474. The highest BCUT2D eigenvalue weighted by Gasteiger charge is 2.28. The van der Waals surface area contributed by atoms with Gasteiger partial charge in [0.1, 0.15) is 17.3 Å². The molecule has 0 unspecified atom stereocenters. The third-order valence-corrected chi connectivity index (χ3v) is 8.47. The van der Waals surface area contributed by atoms with Crippen LogP contribution in [0.3, 0.4) is 0 Å². The lowest BCUT2D eigenvalue weighted by atomic mass is 10.3. The van der Waals surface area contributed by atoms with Crippen molar-refractivity contribution < 1.29 is 30.5 Å². The minimum atomic E-state index is -4.20. The van der Waals surface area contributed by atoms with Gasteiger partial charge >= 0.3 is 0 Å². The molecule has 12 heteroatoms. The first-order chi connectivity index (χ1) is 15.5. The Bertz CT molecular complexity index is 1330. The van der Waals surface area contributed by atoms with Gasteiger partial charge in [0.2, 0.25) is 10.0 Å². The zero-order valence-electron chi connectivity index (χ0n) is 18.5. The SMILES string of the molecule is CCN(CC)S(=O)(=O)c1ccc(Oc2ccc(F)cc2)c(NS(=O)(=O)c2c(C)noc2C)c1. The molecule has 0 radical (unpaired) electrons. The summed E-state index contributed by atoms with van der Waals surface area (Å²) in [5.41, 5.74) is 0.0282. The zero-order chi connectivity index (χ0) is 24.4. The molecule has 1 aromatic heterocycles. The number of aryl methyl sites for hydroxylation is 2. The van der Waals surface area contributed by atoms with Crippen LogP contribution in [0.2, 0.25) is 0 Å². The summed E-state index contributed by atoms with van der Waals surface area (Å²) in [7, 11) is -8.08. The molecule has 0 aliphatic carbocycles. The number of aromatic nitrogens is 1. The van der Waals surface area contributed by atoms with Crippen molar-refractivity contribution in [3.8, 4) is 11.5 Å². The fraction of sp³-hybridized carbons (Fsp3) is 0.286. The number of hydrogen-bond acceptors (Lipinski definition) is 7. The van der Waals surface area contributed by atoms with E-state index in [1.807, 2.05) is 0 Å². The number of rotatable bonds is 9. The Morgan fingerprint density at radius 2 is 1.67 bits per heavy atom. The van der Waals surface area contributed by atoms with Gasteiger partial charge in [-0.25, -0.2) is 21.2 Å². The Kier molecular flexibility index (Phi) is 7.10. The fourth-order valence-electron chi connectivity index (χ4n) is 3.23. The molecule has 9 nitrogen and oxygen atoms in total. The first-order valence-electron chi connectivity index (χ1n) is 10.0. The molecule has 0 aliphatic heterocycles. The van der Waals surface area contributed by atoms with Gasteiger partial charge in [-0.15, -0.1) is 0 Å². The summed E-state index contributed by atoms with van der Waals surface area (Å²) in [5.74, 6) is -0.140. The number of halogens is 1. The molecular weight excluding hydrogens is 473 g/mol. The number of ether oxygens (including phenoxy) is 1. The smallest absolute Gasteiger partial charge is 0.267 e. The van der Waals surface area contributed by atoms with Crippen LogP contribution in [0, 0.1) is 19.7 Å². The summed E-state index contributed by atoms with van der Waals surface area (Å²) >= 11 is 0. The van der Waals surface area contributed by atoms with Crippen molar-refractivity contribution in [3.05, 3.63) is 59.7 Å². The van der Waals surface area contributed by atoms with E-state index in [4.69, 9.17) is 9.26 Å². The highest BCUT2D eigenvalue weighted by Crippen LogP contribution is 2.35. The summed E-state index contributed by atoms with van der Waals surface area (Å²) in [6, 6.07) is 8.93. The van der Waals surface area contributed by atoms with Gasteiger partial charge in [0.25, 0.3) is 10.0 Å². The topological polar surface area (TPSA) is 119 Å². The van der Waals surface area contributed by atoms with Gasteiger partial charge in [0, 0.05) is 13.1 Å². The van der Waals surface area contributed by atoms with Crippen LogP contribution in [0.25, 0.3) is 0 Å². The number of sulfonamides is 2. The maximum absolute atomic E-state index is 13.3. The molecule has 1 N–H and O–H groups in total. The monoisotopic (exact) mass is 497 g/mol. The summed E-state index contributed by atoms with van der Waals surface area (Å²) in [6.45, 7) is 6.82. The third kappa shape index (κ3) is 5.18. The normalized spacial score (nSPS) is 12.2. The second-order valence-corrected chi connectivity index (χ2v) is 10.6. The van der Waals surface area contributed by atoms with Gasteiger partial charge in [0.05, 0.1) is 10.6 Å². The van der Waals surface area contributed by atoms with Gasteiger partial charge in [-0.1, -0.05) is 19.0 Å². The van der Waals surface area contributed by atoms with E-state index < -0.39 is 25.9 Å². The average molecular weight is 498 g/mol. The molecule has 1 heterocycles. The Morgan fingerprint density at radius 3 is 2.21 bits per heavy atom. The predicted molar refractivity (Wildman–Crippen MR) is 120 cm³/mol. The predicted octanol–water partition coefficient (Wildman–Crippen LogP) is 4.05. The highest BCUT2D eigenvalue weighted by atomic mass is 32.2. The summed E-state index contributed by atoms with van der Waals surface area (Å²) in [6.07, 6.45) is 0. The van der Waals surface area contributed by atoms with E-state index in [0.717, 1.165) is 0 Å². The van der Waals surface area contributed by atoms with Crippen molar-refractivity contribution in [1.29, 1.82) is 0 Å². The number of nitrogens with one attached hydrogen (secondary N) is 1. The van der Waals surface area contributed by atoms with Gasteiger partial charge in [0.15, 0.2) is 16.4 Å². The molecule has 2 aromatic carbocycles. The molecular formula is C21H24FN3O6S2. The number of nitrogens with zero attached hydrogens (tertiary/aromatic N) is 2. The van der Waals surface area contributed by atoms with Crippen LogP contribution in [-0.4, -0.2) is 39.4 Å². The van der Waals surface area contributed by atoms with Crippen molar-refractivity contribution in [2.24, 2.45) is 0 Å². The summed E-state index contributed by atoms with van der Waals surface area (Å²) in [4.78, 5) is -0.277. The lowest BCUT2D eigenvalue weighted by Gasteiger charge is -2.20. The molecule has 0 atom stereocenters. The second kappa shape index (κ2) is 9.49. The van der Waals surface area contributed by atoms with Crippen molar-refractivity contribution in [3.63, 3.8) is 0 Å². The van der Waals surface area contributed by atoms with Gasteiger partial charge in [-0.3, -0.25) is 4.72 Å². The molecule has 0 fully saturated rings. The Labute approximate surface area is 192 Å². The van der Waals surface area contributed by atoms with Gasteiger partial charge < -0.3 is 9.26 Å². The Morgan fingerprint density at radius 1 is 1.03 bits per heavy atom. The highest BCUT2D eigenvalue weighted by molar-refractivity contribution is 7.92. The van der Waals surface area contributed by atoms with E-state index in [1.54, 1.807) is 13.8 Å². The molecule has 33 heavy (non-hydrogen) atoms. The zero-order valence-corrected chi connectivity index (χ0v) is 20.1. The molecule has 3 aromatic rings. The van der Waals surface area contributed by atoms with Crippen molar-refractivity contribution in [2.45, 2.75) is 37.5 Å². The number of hydrogen-bond donors (Lipinski definition) is 1. The van der Waals surface area contributed by atoms with Crippen LogP contribution in [0.15, 0.2) is 56.8 Å². The van der Waals surface area contributed by atoms with Crippen molar-refractivity contribution in [1.82, 2.24) is 9.46 Å². The maximum Gasteiger partial charge on any atom is 0.267 e. The van der Waals surface area contributed by atoms with Crippen LogP contribution in [-0.2, 0) is 20.0 Å². The van der Waals surface area contributed by atoms with E-state index in [-0.39, 0.29) is 51.5 Å². The lowest BCUT2D eigenvalue weighted by molar-refractivity contribution is 0.390. The standard InChI is InChI=1S/C21H24FN3O6S2/c1-5-25(6-2)33(28,29)18-11-12-20(30-17-9-7-16(22)8-10-17)19(13-18)24-32(26,27)21-14(3)23-31-15(21)4/h7-13,24H,5-6H2,1-4H3. The largest absolute Gasteiger partial charge is 0.455 e. The number of benzene rings is 2. The van der Waals surface area contributed by atoms with E-state index in [1.165, 1.54) is 60.6 Å². The maximum atomic E-state index is 13.3. The molecule has 178 valence electrons. The molecule has 0 spiro atoms. The van der Waals surface area contributed by atoms with Gasteiger partial charge in [-0.05, 0) is 56.3 Å². The van der Waals surface area contributed by atoms with Crippen molar-refractivity contribution >= 4 is 25.7 Å².